The molecule has 1 N–H and O–H groups in total. The number of nitrogens with one attached hydrogen (secondary N) is 1. The van der Waals surface area contributed by atoms with Crippen molar-refractivity contribution in [3.8, 4) is 0 Å². The molecule has 1 unspecified atom stereocenters. The Morgan fingerprint density at radius 3 is 3.07 bits per heavy atom. The highest BCUT2D eigenvalue weighted by Crippen LogP contribution is 2.35. The molecule has 2 rings (SSSR count). The lowest BCUT2D eigenvalue weighted by Gasteiger charge is -2.10. The smallest absolute Gasteiger partial charge is 0.130 e. The van der Waals surface area contributed by atoms with Gasteiger partial charge >= 0.3 is 0 Å². The van der Waals surface area contributed by atoms with Crippen molar-refractivity contribution in [2.75, 3.05) is 11.9 Å². The van der Waals surface area contributed by atoms with E-state index >= 15 is 0 Å². The average Bonchev–Trinajstić information content (AvgIpc) is 2.49. The number of carbonyl (C=O) groups excluding carboxylic acids is 1. The average molecular weight is 189 g/mol. The van der Waals surface area contributed by atoms with Gasteiger partial charge in [0.15, 0.2) is 0 Å². The molecule has 2 heteroatoms. The minimum absolute atomic E-state index is 0.271. The number of Topliss-reactive ketones (excluding diaryl/α,β-unsaturated/α-hetero) is 1. The fourth-order valence-corrected chi connectivity index (χ4v) is 2.23. The normalized spacial score (nSPS) is 18.9. The molecule has 0 saturated heterocycles. The summed E-state index contributed by atoms with van der Waals surface area (Å²) in [5, 5.41) is 3.34. The summed E-state index contributed by atoms with van der Waals surface area (Å²) in [6.45, 7) is 4.68. The van der Waals surface area contributed by atoms with E-state index in [0.717, 1.165) is 6.54 Å². The Kier molecular flexibility index (Phi) is 2.28. The van der Waals surface area contributed by atoms with Gasteiger partial charge in [-0.15, -0.1) is 0 Å². The van der Waals surface area contributed by atoms with Gasteiger partial charge in [0.1, 0.15) is 5.78 Å². The molecule has 1 aliphatic rings. The van der Waals surface area contributed by atoms with Crippen LogP contribution in [0.15, 0.2) is 18.2 Å². The predicted molar refractivity (Wildman–Crippen MR) is 57.7 cm³/mol. The van der Waals surface area contributed by atoms with Crippen LogP contribution in [-0.2, 0) is 4.79 Å². The second-order valence-electron chi connectivity index (χ2n) is 4.02. The predicted octanol–water partition coefficient (Wildman–Crippen LogP) is 2.48. The zero-order chi connectivity index (χ0) is 10.1. The molecule has 1 aromatic carbocycles. The van der Waals surface area contributed by atoms with Gasteiger partial charge in [-0.25, -0.2) is 0 Å². The third-order valence-electron chi connectivity index (χ3n) is 2.81. The van der Waals surface area contributed by atoms with Crippen LogP contribution in [-0.4, -0.2) is 12.3 Å². The number of carbonyl (C=O) groups is 1. The standard InChI is InChI=1S/C12H15NO/c1-8-4-3-5-11-12(8)10(7-13-11)6-9(2)14/h3-5,10,13H,6-7H2,1-2H3. The zero-order valence-electron chi connectivity index (χ0n) is 8.63. The summed E-state index contributed by atoms with van der Waals surface area (Å²) in [6, 6.07) is 6.25. The Morgan fingerprint density at radius 2 is 2.36 bits per heavy atom. The summed E-state index contributed by atoms with van der Waals surface area (Å²) < 4.78 is 0. The Hall–Kier alpha value is -1.31. The third-order valence-corrected chi connectivity index (χ3v) is 2.81. The third kappa shape index (κ3) is 1.52. The Bertz CT molecular complexity index is 371. The van der Waals surface area contributed by atoms with Crippen LogP contribution in [0.25, 0.3) is 0 Å². The highest BCUT2D eigenvalue weighted by molar-refractivity contribution is 5.78. The van der Waals surface area contributed by atoms with Gasteiger partial charge in [0.05, 0.1) is 0 Å². The molecule has 0 radical (unpaired) electrons. The van der Waals surface area contributed by atoms with E-state index in [2.05, 4.69) is 30.4 Å². The summed E-state index contributed by atoms with van der Waals surface area (Å²) in [4.78, 5) is 11.1. The van der Waals surface area contributed by atoms with Crippen molar-refractivity contribution in [3.05, 3.63) is 29.3 Å². The Balaban J connectivity index is 2.33. The van der Waals surface area contributed by atoms with Crippen LogP contribution < -0.4 is 5.32 Å². The first-order valence-electron chi connectivity index (χ1n) is 5.01. The topological polar surface area (TPSA) is 29.1 Å². The Labute approximate surface area is 84.3 Å². The molecule has 1 heterocycles. The number of aryl methyl sites for hydroxylation is 1. The second kappa shape index (κ2) is 3.45. The molecule has 0 aliphatic carbocycles. The van der Waals surface area contributed by atoms with Gasteiger partial charge in [-0.05, 0) is 31.0 Å². The minimum Gasteiger partial charge on any atom is -0.384 e. The van der Waals surface area contributed by atoms with E-state index in [-0.39, 0.29) is 5.78 Å². The maximum atomic E-state index is 11.1. The van der Waals surface area contributed by atoms with Crippen LogP contribution in [0.1, 0.15) is 30.4 Å². The first-order chi connectivity index (χ1) is 6.68. The van der Waals surface area contributed by atoms with Crippen molar-refractivity contribution >= 4 is 11.5 Å². The second-order valence-corrected chi connectivity index (χ2v) is 4.02. The van der Waals surface area contributed by atoms with Gasteiger partial charge in [0, 0.05) is 24.6 Å². The first kappa shape index (κ1) is 9.25. The van der Waals surface area contributed by atoms with E-state index in [9.17, 15) is 4.79 Å². The molecule has 0 saturated carbocycles. The molecular formula is C12H15NO. The van der Waals surface area contributed by atoms with Crippen LogP contribution >= 0.6 is 0 Å². The van der Waals surface area contributed by atoms with Crippen LogP contribution in [0.2, 0.25) is 0 Å². The summed E-state index contributed by atoms with van der Waals surface area (Å²) in [6.07, 6.45) is 0.658. The van der Waals surface area contributed by atoms with Crippen LogP contribution in [0.3, 0.4) is 0 Å². The lowest BCUT2D eigenvalue weighted by Crippen LogP contribution is -2.07. The maximum Gasteiger partial charge on any atom is 0.130 e. The number of benzene rings is 1. The highest BCUT2D eigenvalue weighted by atomic mass is 16.1. The van der Waals surface area contributed by atoms with Crippen molar-refractivity contribution < 1.29 is 4.79 Å². The van der Waals surface area contributed by atoms with Gasteiger partial charge < -0.3 is 10.1 Å². The molecule has 2 nitrogen and oxygen atoms in total. The monoisotopic (exact) mass is 189 g/mol. The fourth-order valence-electron chi connectivity index (χ4n) is 2.23. The molecule has 0 bridgehead atoms. The lowest BCUT2D eigenvalue weighted by atomic mass is 9.93. The van der Waals surface area contributed by atoms with Gasteiger partial charge in [0.2, 0.25) is 0 Å². The lowest BCUT2D eigenvalue weighted by molar-refractivity contribution is -0.117. The highest BCUT2D eigenvalue weighted by Gasteiger charge is 2.24. The molecule has 74 valence electrons. The first-order valence-corrected chi connectivity index (χ1v) is 5.01. The SMILES string of the molecule is CC(=O)CC1CNc2cccc(C)c21. The molecule has 0 amide bonds. The van der Waals surface area contributed by atoms with E-state index in [0.29, 0.717) is 12.3 Å². The van der Waals surface area contributed by atoms with Crippen LogP contribution in [0, 0.1) is 6.92 Å². The summed E-state index contributed by atoms with van der Waals surface area (Å²) >= 11 is 0. The van der Waals surface area contributed by atoms with E-state index in [1.54, 1.807) is 6.92 Å². The van der Waals surface area contributed by atoms with Gasteiger partial charge in [-0.2, -0.15) is 0 Å². The molecule has 1 aromatic rings. The molecule has 1 atom stereocenters. The largest absolute Gasteiger partial charge is 0.384 e. The molecule has 1 aliphatic heterocycles. The number of hydrogen-bond donors (Lipinski definition) is 1. The van der Waals surface area contributed by atoms with E-state index in [4.69, 9.17) is 0 Å². The Morgan fingerprint density at radius 1 is 1.57 bits per heavy atom. The minimum atomic E-state index is 0.271. The summed E-state index contributed by atoms with van der Waals surface area (Å²) in [5.74, 6) is 0.650. The van der Waals surface area contributed by atoms with Crippen molar-refractivity contribution in [3.63, 3.8) is 0 Å². The number of ketones is 1. The van der Waals surface area contributed by atoms with E-state index in [1.165, 1.54) is 16.8 Å². The maximum absolute atomic E-state index is 11.1. The van der Waals surface area contributed by atoms with Crippen LogP contribution in [0.4, 0.5) is 5.69 Å². The quantitative estimate of drug-likeness (QED) is 0.774. The zero-order valence-corrected chi connectivity index (χ0v) is 8.63. The van der Waals surface area contributed by atoms with Gasteiger partial charge in [-0.1, -0.05) is 12.1 Å². The van der Waals surface area contributed by atoms with E-state index < -0.39 is 0 Å². The number of rotatable bonds is 2. The van der Waals surface area contributed by atoms with Crippen molar-refractivity contribution in [2.45, 2.75) is 26.2 Å². The van der Waals surface area contributed by atoms with E-state index in [1.807, 2.05) is 0 Å². The van der Waals surface area contributed by atoms with Gasteiger partial charge in [-0.3, -0.25) is 0 Å². The molecule has 14 heavy (non-hydrogen) atoms. The van der Waals surface area contributed by atoms with Gasteiger partial charge in [0.25, 0.3) is 0 Å². The van der Waals surface area contributed by atoms with Crippen molar-refractivity contribution in [1.29, 1.82) is 0 Å². The number of anilines is 1. The summed E-state index contributed by atoms with van der Waals surface area (Å²) in [5.41, 5.74) is 3.83. The number of fused-ring (bicyclic) bond motifs is 1. The molecule has 0 fully saturated rings. The molecular weight excluding hydrogens is 174 g/mol. The van der Waals surface area contributed by atoms with Crippen LogP contribution in [0.5, 0.6) is 0 Å². The van der Waals surface area contributed by atoms with Crippen molar-refractivity contribution in [1.82, 2.24) is 0 Å². The fraction of sp³-hybridized carbons (Fsp3) is 0.417. The summed E-state index contributed by atoms with van der Waals surface area (Å²) in [7, 11) is 0. The number of hydrogen-bond acceptors (Lipinski definition) is 2. The van der Waals surface area contributed by atoms with Crippen molar-refractivity contribution in [2.24, 2.45) is 0 Å². The molecule has 0 aromatic heterocycles. The molecule has 0 spiro atoms.